The highest BCUT2D eigenvalue weighted by atomic mass is 16.5. The first kappa shape index (κ1) is 22.1. The van der Waals surface area contributed by atoms with E-state index < -0.39 is 0 Å². The first-order chi connectivity index (χ1) is 15.6. The van der Waals surface area contributed by atoms with Crippen LogP contribution in [0.3, 0.4) is 0 Å². The minimum absolute atomic E-state index is 0.175. The third kappa shape index (κ3) is 4.54. The minimum atomic E-state index is -0.175. The summed E-state index contributed by atoms with van der Waals surface area (Å²) in [6.45, 7) is 7.59. The molecule has 0 bridgehead atoms. The summed E-state index contributed by atoms with van der Waals surface area (Å²) in [7, 11) is 0. The van der Waals surface area contributed by atoms with E-state index >= 15 is 0 Å². The molecule has 0 fully saturated rings. The van der Waals surface area contributed by atoms with Gasteiger partial charge in [0.2, 0.25) is 5.75 Å². The maximum absolute atomic E-state index is 13.0. The summed E-state index contributed by atoms with van der Waals surface area (Å²) in [5.41, 5.74) is 5.56. The van der Waals surface area contributed by atoms with Gasteiger partial charge in [0.05, 0.1) is 19.8 Å². The zero-order chi connectivity index (χ0) is 22.5. The molecule has 0 radical (unpaired) electrons. The number of aromatic nitrogens is 1. The standard InChI is InChI=1S/C26H32N2O4/c1-4-30-23-14-18(15-24(31-5-2)25(23)32-6-3)26(29)27-16-17-11-12-22-20(13-17)19-9-7-8-10-21(19)28-22/h11-15,28H,4-10,16H2,1-3H3,(H,27,29). The van der Waals surface area contributed by atoms with Gasteiger partial charge in [0, 0.05) is 28.7 Å². The van der Waals surface area contributed by atoms with Gasteiger partial charge in [-0.2, -0.15) is 0 Å². The van der Waals surface area contributed by atoms with Gasteiger partial charge in [0.25, 0.3) is 5.91 Å². The summed E-state index contributed by atoms with van der Waals surface area (Å²) in [4.78, 5) is 16.5. The summed E-state index contributed by atoms with van der Waals surface area (Å²) in [6, 6.07) is 9.83. The van der Waals surface area contributed by atoms with Gasteiger partial charge in [0.1, 0.15) is 0 Å². The van der Waals surface area contributed by atoms with Crippen LogP contribution in [0.5, 0.6) is 17.2 Å². The number of hydrogen-bond acceptors (Lipinski definition) is 4. The fraction of sp³-hybridized carbons (Fsp3) is 0.423. The fourth-order valence-corrected chi connectivity index (χ4v) is 4.37. The summed E-state index contributed by atoms with van der Waals surface area (Å²) < 4.78 is 17.2. The topological polar surface area (TPSA) is 72.6 Å². The normalized spacial score (nSPS) is 13.0. The van der Waals surface area contributed by atoms with Crippen molar-refractivity contribution in [3.63, 3.8) is 0 Å². The summed E-state index contributed by atoms with van der Waals surface area (Å²) >= 11 is 0. The predicted molar refractivity (Wildman–Crippen MR) is 126 cm³/mol. The second-order valence-electron chi connectivity index (χ2n) is 7.95. The zero-order valence-electron chi connectivity index (χ0n) is 19.2. The van der Waals surface area contributed by atoms with Gasteiger partial charge >= 0.3 is 0 Å². The Morgan fingerprint density at radius 1 is 0.938 bits per heavy atom. The number of amides is 1. The third-order valence-electron chi connectivity index (χ3n) is 5.79. The van der Waals surface area contributed by atoms with E-state index in [9.17, 15) is 4.79 Å². The van der Waals surface area contributed by atoms with Crippen molar-refractivity contribution in [3.05, 3.63) is 52.7 Å². The van der Waals surface area contributed by atoms with E-state index in [4.69, 9.17) is 14.2 Å². The minimum Gasteiger partial charge on any atom is -0.490 e. The molecule has 0 saturated heterocycles. The first-order valence-electron chi connectivity index (χ1n) is 11.6. The lowest BCUT2D eigenvalue weighted by Crippen LogP contribution is -2.23. The molecule has 0 atom stereocenters. The molecule has 2 aromatic carbocycles. The van der Waals surface area contributed by atoms with Crippen molar-refractivity contribution in [1.82, 2.24) is 10.3 Å². The second kappa shape index (κ2) is 9.98. The Labute approximate surface area is 189 Å². The number of carbonyl (C=O) groups is 1. The molecule has 32 heavy (non-hydrogen) atoms. The lowest BCUT2D eigenvalue weighted by atomic mass is 9.95. The van der Waals surface area contributed by atoms with Gasteiger partial charge in [-0.05, 0) is 81.8 Å². The summed E-state index contributed by atoms with van der Waals surface area (Å²) in [5, 5.41) is 4.32. The molecule has 1 amide bonds. The first-order valence-corrected chi connectivity index (χ1v) is 11.6. The van der Waals surface area contributed by atoms with Gasteiger partial charge in [-0.1, -0.05) is 6.07 Å². The van der Waals surface area contributed by atoms with Crippen LogP contribution < -0.4 is 19.5 Å². The van der Waals surface area contributed by atoms with Crippen LogP contribution in [-0.4, -0.2) is 30.7 Å². The number of fused-ring (bicyclic) bond motifs is 3. The van der Waals surface area contributed by atoms with Crippen molar-refractivity contribution in [2.45, 2.75) is 53.0 Å². The van der Waals surface area contributed by atoms with E-state index in [0.717, 1.165) is 18.4 Å². The molecular weight excluding hydrogens is 404 g/mol. The largest absolute Gasteiger partial charge is 0.490 e. The van der Waals surface area contributed by atoms with Crippen molar-refractivity contribution in [1.29, 1.82) is 0 Å². The van der Waals surface area contributed by atoms with Crippen LogP contribution in [0.1, 0.15) is 60.8 Å². The number of benzene rings is 2. The van der Waals surface area contributed by atoms with Crippen LogP contribution in [0.15, 0.2) is 30.3 Å². The van der Waals surface area contributed by atoms with Gasteiger partial charge in [-0.15, -0.1) is 0 Å². The van der Waals surface area contributed by atoms with E-state index in [1.807, 2.05) is 20.8 Å². The molecular formula is C26H32N2O4. The quantitative estimate of drug-likeness (QED) is 0.485. The molecule has 0 aliphatic heterocycles. The van der Waals surface area contributed by atoms with Crippen molar-refractivity contribution in [3.8, 4) is 17.2 Å². The monoisotopic (exact) mass is 436 g/mol. The molecule has 1 aromatic heterocycles. The van der Waals surface area contributed by atoms with Crippen molar-refractivity contribution in [2.75, 3.05) is 19.8 Å². The molecule has 1 heterocycles. The maximum Gasteiger partial charge on any atom is 0.251 e. The Kier molecular flexibility index (Phi) is 6.88. The Balaban J connectivity index is 1.54. The second-order valence-corrected chi connectivity index (χ2v) is 7.95. The Morgan fingerprint density at radius 2 is 1.62 bits per heavy atom. The van der Waals surface area contributed by atoms with Crippen molar-refractivity contribution < 1.29 is 19.0 Å². The van der Waals surface area contributed by atoms with E-state index in [2.05, 4.69) is 28.5 Å². The smallest absolute Gasteiger partial charge is 0.251 e. The average molecular weight is 437 g/mol. The maximum atomic E-state index is 13.0. The number of ether oxygens (including phenoxy) is 3. The molecule has 1 aliphatic rings. The predicted octanol–water partition coefficient (Wildman–Crippen LogP) is 5.17. The number of aromatic amines is 1. The Bertz CT molecular complexity index is 1080. The van der Waals surface area contributed by atoms with Gasteiger partial charge < -0.3 is 24.5 Å². The van der Waals surface area contributed by atoms with Crippen LogP contribution in [-0.2, 0) is 19.4 Å². The fourth-order valence-electron chi connectivity index (χ4n) is 4.37. The highest BCUT2D eigenvalue weighted by Gasteiger charge is 2.19. The lowest BCUT2D eigenvalue weighted by molar-refractivity contribution is 0.0949. The number of nitrogens with one attached hydrogen (secondary N) is 2. The molecule has 0 spiro atoms. The number of carbonyl (C=O) groups excluding carboxylic acids is 1. The van der Waals surface area contributed by atoms with Gasteiger partial charge in [-0.3, -0.25) is 4.79 Å². The average Bonchev–Trinajstić information content (AvgIpc) is 3.17. The van der Waals surface area contributed by atoms with E-state index in [1.54, 1.807) is 12.1 Å². The van der Waals surface area contributed by atoms with E-state index in [1.165, 1.54) is 35.0 Å². The molecule has 170 valence electrons. The van der Waals surface area contributed by atoms with Gasteiger partial charge in [-0.25, -0.2) is 0 Å². The third-order valence-corrected chi connectivity index (χ3v) is 5.79. The highest BCUT2D eigenvalue weighted by molar-refractivity contribution is 5.95. The van der Waals surface area contributed by atoms with Gasteiger partial charge in [0.15, 0.2) is 11.5 Å². The van der Waals surface area contributed by atoms with Crippen LogP contribution >= 0.6 is 0 Å². The summed E-state index contributed by atoms with van der Waals surface area (Å²) in [6.07, 6.45) is 4.73. The molecule has 6 nitrogen and oxygen atoms in total. The lowest BCUT2D eigenvalue weighted by Gasteiger charge is -2.17. The van der Waals surface area contributed by atoms with Crippen LogP contribution in [0, 0.1) is 0 Å². The zero-order valence-corrected chi connectivity index (χ0v) is 19.2. The molecule has 2 N–H and O–H groups in total. The Hall–Kier alpha value is -3.15. The molecule has 1 aliphatic carbocycles. The number of aryl methyl sites for hydroxylation is 2. The molecule has 3 aromatic rings. The molecule has 0 unspecified atom stereocenters. The number of H-pyrrole nitrogens is 1. The van der Waals surface area contributed by atoms with E-state index in [0.29, 0.717) is 49.2 Å². The van der Waals surface area contributed by atoms with Crippen LogP contribution in [0.2, 0.25) is 0 Å². The van der Waals surface area contributed by atoms with Crippen LogP contribution in [0.4, 0.5) is 0 Å². The number of rotatable bonds is 9. The molecule has 0 saturated carbocycles. The highest BCUT2D eigenvalue weighted by Crippen LogP contribution is 2.39. The van der Waals surface area contributed by atoms with Crippen molar-refractivity contribution in [2.24, 2.45) is 0 Å². The summed E-state index contributed by atoms with van der Waals surface area (Å²) in [5.74, 6) is 1.40. The van der Waals surface area contributed by atoms with Crippen LogP contribution in [0.25, 0.3) is 10.9 Å². The molecule has 4 rings (SSSR count). The molecule has 6 heteroatoms. The number of hydrogen-bond donors (Lipinski definition) is 2. The van der Waals surface area contributed by atoms with Crippen molar-refractivity contribution >= 4 is 16.8 Å². The SMILES string of the molecule is CCOc1cc(C(=O)NCc2ccc3[nH]c4c(c3c2)CCCC4)cc(OCC)c1OCC. The Morgan fingerprint density at radius 3 is 2.31 bits per heavy atom. The van der Waals surface area contributed by atoms with E-state index in [-0.39, 0.29) is 5.91 Å².